The van der Waals surface area contributed by atoms with E-state index in [4.69, 9.17) is 0 Å². The van der Waals surface area contributed by atoms with E-state index in [0.29, 0.717) is 11.3 Å². The number of para-hydroxylation sites is 1. The molecule has 0 aromatic heterocycles. The molecule has 0 saturated carbocycles. The summed E-state index contributed by atoms with van der Waals surface area (Å²) >= 11 is 0. The van der Waals surface area contributed by atoms with Gasteiger partial charge in [0.25, 0.3) is 5.91 Å². The van der Waals surface area contributed by atoms with Gasteiger partial charge in [0.05, 0.1) is 17.0 Å². The van der Waals surface area contributed by atoms with Crippen LogP contribution in [0.15, 0.2) is 65.3 Å². The number of carbonyl (C=O) groups excluding carboxylic acids is 2. The van der Waals surface area contributed by atoms with Crippen molar-refractivity contribution in [1.82, 2.24) is 0 Å². The van der Waals surface area contributed by atoms with Crippen LogP contribution in [0.5, 0.6) is 0 Å². The summed E-state index contributed by atoms with van der Waals surface area (Å²) in [7, 11) is 0. The van der Waals surface area contributed by atoms with E-state index in [1.807, 2.05) is 0 Å². The van der Waals surface area contributed by atoms with E-state index < -0.39 is 17.3 Å². The van der Waals surface area contributed by atoms with Crippen molar-refractivity contribution in [3.8, 4) is 0 Å². The summed E-state index contributed by atoms with van der Waals surface area (Å²) in [6, 6.07) is 15.0. The summed E-state index contributed by atoms with van der Waals surface area (Å²) in [4.78, 5) is 25.7. The third-order valence-electron chi connectivity index (χ3n) is 4.53. The van der Waals surface area contributed by atoms with E-state index in [0.717, 1.165) is 5.01 Å². The van der Waals surface area contributed by atoms with Crippen LogP contribution in [-0.2, 0) is 4.79 Å². The molecule has 1 heterocycles. The number of aliphatic hydroxyl groups is 2. The minimum Gasteiger partial charge on any atom is -0.507 e. The average Bonchev–Trinajstić information content (AvgIpc) is 3.02. The first kappa shape index (κ1) is 15.3. The summed E-state index contributed by atoms with van der Waals surface area (Å²) in [5, 5.41) is 26.8. The van der Waals surface area contributed by atoms with E-state index in [2.05, 4.69) is 5.10 Å². The SMILES string of the molecule is CC1=NN(c2ccccc2)C(=O)[C@]1(O)C1=C(O)c2ccccc2C1=O. The third kappa shape index (κ3) is 1.91. The molecule has 25 heavy (non-hydrogen) atoms. The molecule has 2 aromatic carbocycles. The molecule has 6 nitrogen and oxygen atoms in total. The molecular formula is C19H14N2O4. The van der Waals surface area contributed by atoms with Gasteiger partial charge in [-0.1, -0.05) is 42.5 Å². The van der Waals surface area contributed by atoms with E-state index >= 15 is 0 Å². The highest BCUT2D eigenvalue weighted by atomic mass is 16.3. The Balaban J connectivity index is 1.84. The quantitative estimate of drug-likeness (QED) is 0.882. The van der Waals surface area contributed by atoms with Crippen molar-refractivity contribution < 1.29 is 19.8 Å². The molecule has 2 aromatic rings. The number of fused-ring (bicyclic) bond motifs is 1. The fourth-order valence-corrected chi connectivity index (χ4v) is 3.21. The van der Waals surface area contributed by atoms with Gasteiger partial charge in [0.1, 0.15) is 5.76 Å². The fraction of sp³-hybridized carbons (Fsp3) is 0.105. The average molecular weight is 334 g/mol. The van der Waals surface area contributed by atoms with Crippen molar-refractivity contribution in [3.63, 3.8) is 0 Å². The number of hydrogen-bond donors (Lipinski definition) is 2. The van der Waals surface area contributed by atoms with Crippen LogP contribution in [0.3, 0.4) is 0 Å². The van der Waals surface area contributed by atoms with Crippen molar-refractivity contribution >= 4 is 28.8 Å². The van der Waals surface area contributed by atoms with Gasteiger partial charge in [0.15, 0.2) is 5.78 Å². The molecule has 1 amide bonds. The van der Waals surface area contributed by atoms with Gasteiger partial charge < -0.3 is 10.2 Å². The molecule has 1 aliphatic heterocycles. The maximum atomic E-state index is 12.9. The van der Waals surface area contributed by atoms with Gasteiger partial charge in [-0.05, 0) is 19.1 Å². The standard InChI is InChI=1S/C19H14N2O4/c1-11-19(25,18(24)21(20-11)12-7-3-2-4-8-12)15-16(22)13-9-5-6-10-14(13)17(15)23/h2-10,22,25H,1H3/t19-/m1/s1. The van der Waals surface area contributed by atoms with Crippen molar-refractivity contribution in [1.29, 1.82) is 0 Å². The first-order valence-electron chi connectivity index (χ1n) is 7.71. The predicted octanol–water partition coefficient (Wildman–Crippen LogP) is 2.31. The Kier molecular flexibility index (Phi) is 3.13. The summed E-state index contributed by atoms with van der Waals surface area (Å²) in [6.45, 7) is 1.46. The van der Waals surface area contributed by atoms with Crippen molar-refractivity contribution in [2.45, 2.75) is 12.5 Å². The number of hydrogen-bond acceptors (Lipinski definition) is 5. The zero-order chi connectivity index (χ0) is 17.8. The van der Waals surface area contributed by atoms with Gasteiger partial charge in [0.2, 0.25) is 5.60 Å². The van der Waals surface area contributed by atoms with Gasteiger partial charge in [-0.15, -0.1) is 0 Å². The van der Waals surface area contributed by atoms with Gasteiger partial charge in [-0.3, -0.25) is 9.59 Å². The second-order valence-corrected chi connectivity index (χ2v) is 5.95. The number of rotatable bonds is 2. The lowest BCUT2D eigenvalue weighted by Crippen LogP contribution is -2.49. The molecule has 2 N–H and O–H groups in total. The number of aliphatic hydroxyl groups excluding tert-OH is 1. The number of benzene rings is 2. The second-order valence-electron chi connectivity index (χ2n) is 5.95. The number of amides is 1. The van der Waals surface area contributed by atoms with E-state index in [1.54, 1.807) is 54.6 Å². The molecule has 0 unspecified atom stereocenters. The highest BCUT2D eigenvalue weighted by Gasteiger charge is 2.56. The Morgan fingerprint density at radius 1 is 0.960 bits per heavy atom. The van der Waals surface area contributed by atoms with Gasteiger partial charge in [0, 0.05) is 11.1 Å². The largest absolute Gasteiger partial charge is 0.507 e. The summed E-state index contributed by atoms with van der Waals surface area (Å²) in [6.07, 6.45) is 0. The molecular weight excluding hydrogens is 320 g/mol. The first-order chi connectivity index (χ1) is 12.0. The molecule has 4 rings (SSSR count). The third-order valence-corrected chi connectivity index (χ3v) is 4.53. The molecule has 0 spiro atoms. The molecule has 6 heteroatoms. The van der Waals surface area contributed by atoms with Crippen molar-refractivity contribution in [3.05, 3.63) is 71.3 Å². The fourth-order valence-electron chi connectivity index (χ4n) is 3.21. The molecule has 0 saturated heterocycles. The Labute approximate surface area is 143 Å². The molecule has 0 bridgehead atoms. The molecule has 124 valence electrons. The van der Waals surface area contributed by atoms with Crippen LogP contribution in [0.1, 0.15) is 22.8 Å². The molecule has 0 radical (unpaired) electrons. The van der Waals surface area contributed by atoms with Gasteiger partial charge >= 0.3 is 0 Å². The highest BCUT2D eigenvalue weighted by Crippen LogP contribution is 2.41. The van der Waals surface area contributed by atoms with E-state index in [1.165, 1.54) is 6.92 Å². The van der Waals surface area contributed by atoms with Gasteiger partial charge in [-0.25, -0.2) is 0 Å². The second kappa shape index (κ2) is 5.12. The molecule has 2 aliphatic rings. The lowest BCUT2D eigenvalue weighted by atomic mass is 9.86. The normalized spacial score (nSPS) is 22.5. The number of ketones is 1. The molecule has 1 atom stereocenters. The molecule has 0 fully saturated rings. The number of Topliss-reactive ketones (excluding diaryl/α,β-unsaturated/α-hetero) is 1. The zero-order valence-electron chi connectivity index (χ0n) is 13.3. The highest BCUT2D eigenvalue weighted by molar-refractivity contribution is 6.34. The summed E-state index contributed by atoms with van der Waals surface area (Å²) < 4.78 is 0. The van der Waals surface area contributed by atoms with Crippen LogP contribution >= 0.6 is 0 Å². The predicted molar refractivity (Wildman–Crippen MR) is 92.3 cm³/mol. The minimum atomic E-state index is -2.30. The van der Waals surface area contributed by atoms with Gasteiger partial charge in [-0.2, -0.15) is 10.1 Å². The van der Waals surface area contributed by atoms with Crippen LogP contribution in [0.4, 0.5) is 5.69 Å². The number of anilines is 1. The maximum Gasteiger partial charge on any atom is 0.290 e. The van der Waals surface area contributed by atoms with E-state index in [-0.39, 0.29) is 22.6 Å². The van der Waals surface area contributed by atoms with E-state index in [9.17, 15) is 19.8 Å². The lowest BCUT2D eigenvalue weighted by molar-refractivity contribution is -0.127. The maximum absolute atomic E-state index is 12.9. The van der Waals surface area contributed by atoms with Crippen LogP contribution in [0, 0.1) is 0 Å². The minimum absolute atomic E-state index is 0.0315. The van der Waals surface area contributed by atoms with Crippen molar-refractivity contribution in [2.75, 3.05) is 5.01 Å². The van der Waals surface area contributed by atoms with Crippen molar-refractivity contribution in [2.24, 2.45) is 5.10 Å². The Hall–Kier alpha value is -3.25. The number of nitrogens with zero attached hydrogens (tertiary/aromatic N) is 2. The smallest absolute Gasteiger partial charge is 0.290 e. The summed E-state index contributed by atoms with van der Waals surface area (Å²) in [5.74, 6) is -1.76. The Morgan fingerprint density at radius 2 is 1.56 bits per heavy atom. The van der Waals surface area contributed by atoms with Crippen LogP contribution in [0.2, 0.25) is 0 Å². The first-order valence-corrected chi connectivity index (χ1v) is 7.71. The monoisotopic (exact) mass is 334 g/mol. The van der Waals surface area contributed by atoms with Crippen LogP contribution in [0.25, 0.3) is 5.76 Å². The van der Waals surface area contributed by atoms with Crippen LogP contribution in [-0.4, -0.2) is 33.2 Å². The number of carbonyl (C=O) groups is 2. The molecule has 1 aliphatic carbocycles. The summed E-state index contributed by atoms with van der Waals surface area (Å²) in [5.41, 5.74) is -1.60. The topological polar surface area (TPSA) is 90.2 Å². The lowest BCUT2D eigenvalue weighted by Gasteiger charge is -2.23. The number of hydrazone groups is 1. The Morgan fingerprint density at radius 3 is 2.20 bits per heavy atom. The zero-order valence-corrected chi connectivity index (χ0v) is 13.3. The Bertz CT molecular complexity index is 978. The van der Waals surface area contributed by atoms with Crippen LogP contribution < -0.4 is 5.01 Å².